The number of rotatable bonds is 2. The number of aromatic nitrogens is 1. The number of carbonyl (C=O) groups excluding carboxylic acids is 1. The van der Waals surface area contributed by atoms with Crippen LogP contribution in [0.25, 0.3) is 11.1 Å². The van der Waals surface area contributed by atoms with Gasteiger partial charge in [-0.2, -0.15) is 4.31 Å². The van der Waals surface area contributed by atoms with E-state index in [-0.39, 0.29) is 31.1 Å². The number of hydrogen-bond donors (Lipinski definition) is 1. The lowest BCUT2D eigenvalue weighted by molar-refractivity contribution is 0.108. The number of fused-ring (bicyclic) bond motifs is 1. The van der Waals surface area contributed by atoms with E-state index >= 15 is 0 Å². The van der Waals surface area contributed by atoms with Crippen LogP contribution in [-0.4, -0.2) is 62.0 Å². The summed E-state index contributed by atoms with van der Waals surface area (Å²) in [7, 11) is -2.43. The molecule has 2 heterocycles. The van der Waals surface area contributed by atoms with Crippen molar-refractivity contribution in [1.82, 2.24) is 14.2 Å². The first-order valence-electron chi connectivity index (χ1n) is 6.88. The summed E-state index contributed by atoms with van der Waals surface area (Å²) < 4.78 is 36.1. The van der Waals surface area contributed by atoms with Gasteiger partial charge in [0.1, 0.15) is 0 Å². The minimum Gasteiger partial charge on any atom is -0.453 e. The van der Waals surface area contributed by atoms with Crippen LogP contribution < -0.4 is 5.76 Å². The molecule has 1 aliphatic rings. The van der Waals surface area contributed by atoms with E-state index in [4.69, 9.17) is 4.42 Å². The van der Waals surface area contributed by atoms with Gasteiger partial charge in [-0.3, -0.25) is 4.98 Å². The molecule has 1 N–H and O–H groups in total. The number of aromatic amines is 1. The highest BCUT2D eigenvalue weighted by Crippen LogP contribution is 2.21. The van der Waals surface area contributed by atoms with Crippen molar-refractivity contribution in [2.24, 2.45) is 0 Å². The molecular formula is C13H15N3O6S. The number of ether oxygens (including phenoxy) is 1. The molecule has 23 heavy (non-hydrogen) atoms. The lowest BCUT2D eigenvalue weighted by Gasteiger charge is -2.33. The number of methoxy groups -OCH3 is 1. The molecule has 0 radical (unpaired) electrons. The molecule has 0 spiro atoms. The fourth-order valence-electron chi connectivity index (χ4n) is 2.48. The first-order valence-corrected chi connectivity index (χ1v) is 8.32. The largest absolute Gasteiger partial charge is 0.453 e. The van der Waals surface area contributed by atoms with Gasteiger partial charge < -0.3 is 14.1 Å². The normalized spacial score (nSPS) is 16.7. The highest BCUT2D eigenvalue weighted by molar-refractivity contribution is 7.89. The topological polar surface area (TPSA) is 113 Å². The third kappa shape index (κ3) is 2.82. The monoisotopic (exact) mass is 341 g/mol. The summed E-state index contributed by atoms with van der Waals surface area (Å²) in [6, 6.07) is 4.19. The molecular weight excluding hydrogens is 326 g/mol. The zero-order chi connectivity index (χ0) is 16.6. The Morgan fingerprint density at radius 1 is 1.26 bits per heavy atom. The molecule has 9 nitrogen and oxygen atoms in total. The van der Waals surface area contributed by atoms with E-state index in [1.165, 1.54) is 34.5 Å². The molecule has 1 amide bonds. The van der Waals surface area contributed by atoms with Gasteiger partial charge in [-0.25, -0.2) is 18.0 Å². The van der Waals surface area contributed by atoms with E-state index in [2.05, 4.69) is 9.72 Å². The molecule has 0 atom stereocenters. The van der Waals surface area contributed by atoms with Crippen molar-refractivity contribution in [3.8, 4) is 0 Å². The van der Waals surface area contributed by atoms with Crippen molar-refractivity contribution in [3.63, 3.8) is 0 Å². The predicted octanol–water partition coefficient (Wildman–Crippen LogP) is 0.194. The van der Waals surface area contributed by atoms with E-state index < -0.39 is 21.9 Å². The maximum absolute atomic E-state index is 12.7. The number of carbonyl (C=O) groups is 1. The zero-order valence-corrected chi connectivity index (χ0v) is 13.1. The van der Waals surface area contributed by atoms with Crippen LogP contribution in [0, 0.1) is 0 Å². The highest BCUT2D eigenvalue weighted by Gasteiger charge is 2.30. The Morgan fingerprint density at radius 2 is 1.96 bits per heavy atom. The van der Waals surface area contributed by atoms with Gasteiger partial charge in [0.25, 0.3) is 0 Å². The predicted molar refractivity (Wildman–Crippen MR) is 79.6 cm³/mol. The molecule has 0 unspecified atom stereocenters. The summed E-state index contributed by atoms with van der Waals surface area (Å²) in [5.41, 5.74) is 0.619. The number of sulfonamides is 1. The molecule has 1 fully saturated rings. The van der Waals surface area contributed by atoms with Crippen LogP contribution in [0.1, 0.15) is 0 Å². The summed E-state index contributed by atoms with van der Waals surface area (Å²) in [6.45, 7) is 0.877. The Morgan fingerprint density at radius 3 is 2.61 bits per heavy atom. The number of benzene rings is 1. The Labute approximate surface area is 131 Å². The van der Waals surface area contributed by atoms with Gasteiger partial charge in [0.05, 0.1) is 17.5 Å². The van der Waals surface area contributed by atoms with Crippen molar-refractivity contribution in [1.29, 1.82) is 0 Å². The number of oxazole rings is 1. The molecule has 0 aliphatic carbocycles. The molecule has 3 rings (SSSR count). The number of nitrogens with one attached hydrogen (secondary N) is 1. The maximum atomic E-state index is 12.7. The average Bonchev–Trinajstić information content (AvgIpc) is 2.93. The molecule has 0 saturated carbocycles. The first kappa shape index (κ1) is 15.6. The van der Waals surface area contributed by atoms with E-state index in [1.54, 1.807) is 0 Å². The third-order valence-corrected chi connectivity index (χ3v) is 5.59. The van der Waals surface area contributed by atoms with Crippen LogP contribution in [0.4, 0.5) is 4.79 Å². The smallest absolute Gasteiger partial charge is 0.417 e. The standard InChI is InChI=1S/C13H15N3O6S/c1-21-13(18)15-4-6-16(7-5-15)23(19,20)9-2-3-11-10(8-9)14-12(17)22-11/h2-3,8H,4-7H2,1H3,(H,14,17). The minimum absolute atomic E-state index is 0.0635. The van der Waals surface area contributed by atoms with Crippen LogP contribution >= 0.6 is 0 Å². The fourth-order valence-corrected chi connectivity index (χ4v) is 3.93. The molecule has 1 aromatic carbocycles. The molecule has 124 valence electrons. The fraction of sp³-hybridized carbons (Fsp3) is 0.385. The number of hydrogen-bond acceptors (Lipinski definition) is 6. The molecule has 1 aliphatic heterocycles. The van der Waals surface area contributed by atoms with E-state index in [1.807, 2.05) is 0 Å². The second kappa shape index (κ2) is 5.70. The lowest BCUT2D eigenvalue weighted by atomic mass is 10.3. The second-order valence-corrected chi connectivity index (χ2v) is 6.97. The molecule has 1 aromatic heterocycles. The summed E-state index contributed by atoms with van der Waals surface area (Å²) in [6.07, 6.45) is -0.473. The van der Waals surface area contributed by atoms with Crippen LogP contribution in [-0.2, 0) is 14.8 Å². The van der Waals surface area contributed by atoms with Crippen LogP contribution in [0.3, 0.4) is 0 Å². The number of H-pyrrole nitrogens is 1. The summed E-state index contributed by atoms with van der Waals surface area (Å²) in [4.78, 5) is 26.5. The van der Waals surface area contributed by atoms with Crippen molar-refractivity contribution >= 4 is 27.2 Å². The van der Waals surface area contributed by atoms with Gasteiger partial charge in [-0.15, -0.1) is 0 Å². The highest BCUT2D eigenvalue weighted by atomic mass is 32.2. The Hall–Kier alpha value is -2.33. The van der Waals surface area contributed by atoms with Crippen molar-refractivity contribution < 1.29 is 22.4 Å². The first-order chi connectivity index (χ1) is 10.9. The van der Waals surface area contributed by atoms with Gasteiger partial charge in [-0.1, -0.05) is 0 Å². The maximum Gasteiger partial charge on any atom is 0.417 e. The Balaban J connectivity index is 1.83. The van der Waals surface area contributed by atoms with Crippen LogP contribution in [0.2, 0.25) is 0 Å². The second-order valence-electron chi connectivity index (χ2n) is 5.03. The van der Waals surface area contributed by atoms with Gasteiger partial charge >= 0.3 is 11.8 Å². The molecule has 1 saturated heterocycles. The quantitative estimate of drug-likeness (QED) is 0.834. The van der Waals surface area contributed by atoms with Gasteiger partial charge in [0.15, 0.2) is 5.58 Å². The van der Waals surface area contributed by atoms with E-state index in [9.17, 15) is 18.0 Å². The van der Waals surface area contributed by atoms with E-state index in [0.29, 0.717) is 11.1 Å². The number of nitrogens with zero attached hydrogens (tertiary/aromatic N) is 2. The van der Waals surface area contributed by atoms with Gasteiger partial charge in [0, 0.05) is 26.2 Å². The van der Waals surface area contributed by atoms with Gasteiger partial charge in [0.2, 0.25) is 10.0 Å². The van der Waals surface area contributed by atoms with Crippen LogP contribution in [0.5, 0.6) is 0 Å². The summed E-state index contributed by atoms with van der Waals surface area (Å²) in [5.74, 6) is -0.638. The SMILES string of the molecule is COC(=O)N1CCN(S(=O)(=O)c2ccc3oc(=O)[nH]c3c2)CC1. The van der Waals surface area contributed by atoms with Crippen LogP contribution in [0.15, 0.2) is 32.3 Å². The summed E-state index contributed by atoms with van der Waals surface area (Å²) in [5, 5.41) is 0. The lowest BCUT2D eigenvalue weighted by Crippen LogP contribution is -2.50. The van der Waals surface area contributed by atoms with Gasteiger partial charge in [-0.05, 0) is 18.2 Å². The molecule has 10 heteroatoms. The Kier molecular flexibility index (Phi) is 3.86. The number of piperazine rings is 1. The van der Waals surface area contributed by atoms with Crippen molar-refractivity contribution in [3.05, 3.63) is 28.7 Å². The average molecular weight is 341 g/mol. The van der Waals surface area contributed by atoms with E-state index in [0.717, 1.165) is 0 Å². The number of amides is 1. The van der Waals surface area contributed by atoms with Crippen molar-refractivity contribution in [2.45, 2.75) is 4.90 Å². The van der Waals surface area contributed by atoms with Crippen molar-refractivity contribution in [2.75, 3.05) is 33.3 Å². The third-order valence-electron chi connectivity index (χ3n) is 3.70. The molecule has 2 aromatic rings. The zero-order valence-electron chi connectivity index (χ0n) is 12.3. The molecule has 0 bridgehead atoms. The minimum atomic E-state index is -3.71. The Bertz CT molecular complexity index is 892. The summed E-state index contributed by atoms with van der Waals surface area (Å²) >= 11 is 0.